The van der Waals surface area contributed by atoms with Crippen molar-refractivity contribution in [2.24, 2.45) is 7.05 Å². The minimum Gasteiger partial charge on any atom is -0.482 e. The predicted molar refractivity (Wildman–Crippen MR) is 81.3 cm³/mol. The molecule has 0 amide bonds. The van der Waals surface area contributed by atoms with Crippen molar-refractivity contribution in [2.45, 2.75) is 0 Å². The molecule has 0 spiro atoms. The Morgan fingerprint density at radius 3 is 2.55 bits per heavy atom. The van der Waals surface area contributed by atoms with E-state index < -0.39 is 5.97 Å². The number of aliphatic carboxylic acids is 1. The van der Waals surface area contributed by atoms with Crippen molar-refractivity contribution in [1.29, 1.82) is 0 Å². The van der Waals surface area contributed by atoms with E-state index in [0.29, 0.717) is 5.75 Å². The third-order valence-electron chi connectivity index (χ3n) is 3.30. The Hall–Kier alpha value is -2.01. The zero-order valence-corrected chi connectivity index (χ0v) is 12.3. The lowest BCUT2D eigenvalue weighted by Crippen LogP contribution is -2.09. The van der Waals surface area contributed by atoms with Crippen LogP contribution in [0.4, 0.5) is 0 Å². The topological polar surface area (TPSA) is 51.5 Å². The maximum Gasteiger partial charge on any atom is 0.341 e. The highest BCUT2D eigenvalue weighted by Gasteiger charge is 2.10. The molecule has 0 atom stereocenters. The molecule has 2 aromatic carbocycles. The first-order valence-corrected chi connectivity index (χ1v) is 6.88. The molecular weight excluding hydrogens is 322 g/mol. The zero-order chi connectivity index (χ0) is 14.3. The zero-order valence-electron chi connectivity index (χ0n) is 10.8. The molecule has 3 rings (SSSR count). The van der Waals surface area contributed by atoms with Gasteiger partial charge in [-0.3, -0.25) is 0 Å². The molecule has 20 heavy (non-hydrogen) atoms. The lowest BCUT2D eigenvalue weighted by molar-refractivity contribution is -0.139. The van der Waals surface area contributed by atoms with E-state index in [4.69, 9.17) is 9.84 Å². The molecule has 1 N–H and O–H groups in total. The highest BCUT2D eigenvalue weighted by Crippen LogP contribution is 2.32. The number of aromatic nitrogens is 1. The standard InChI is InChI=1S/C15H12BrNO3/c1-17-13-6-9(16)2-4-11(13)12-5-3-10(7-14(12)17)20-8-15(18)19/h2-7H,8H2,1H3,(H,18,19). The molecule has 0 aliphatic rings. The summed E-state index contributed by atoms with van der Waals surface area (Å²) in [7, 11) is 1.98. The van der Waals surface area contributed by atoms with Gasteiger partial charge in [-0.15, -0.1) is 0 Å². The van der Waals surface area contributed by atoms with E-state index in [2.05, 4.69) is 32.6 Å². The Labute approximate surface area is 123 Å². The number of halogens is 1. The second kappa shape index (κ2) is 4.83. The van der Waals surface area contributed by atoms with Crippen LogP contribution in [0.3, 0.4) is 0 Å². The van der Waals surface area contributed by atoms with Gasteiger partial charge < -0.3 is 14.4 Å². The maximum absolute atomic E-state index is 10.5. The molecule has 0 saturated carbocycles. The molecule has 1 heterocycles. The number of carbonyl (C=O) groups is 1. The number of benzene rings is 2. The number of ether oxygens (including phenoxy) is 1. The number of aryl methyl sites for hydroxylation is 1. The van der Waals surface area contributed by atoms with Gasteiger partial charge in [0.2, 0.25) is 0 Å². The molecule has 0 bridgehead atoms. The average Bonchev–Trinajstić information content (AvgIpc) is 2.69. The summed E-state index contributed by atoms with van der Waals surface area (Å²) >= 11 is 3.48. The summed E-state index contributed by atoms with van der Waals surface area (Å²) in [6.07, 6.45) is 0. The quantitative estimate of drug-likeness (QED) is 0.797. The first-order chi connectivity index (χ1) is 9.56. The SMILES string of the molecule is Cn1c2cc(Br)ccc2c2ccc(OCC(=O)O)cc21. The Morgan fingerprint density at radius 2 is 1.85 bits per heavy atom. The normalized spacial score (nSPS) is 11.1. The first kappa shape index (κ1) is 13.0. The average molecular weight is 334 g/mol. The monoisotopic (exact) mass is 333 g/mol. The van der Waals surface area contributed by atoms with Gasteiger partial charge in [-0.1, -0.05) is 22.0 Å². The van der Waals surface area contributed by atoms with Gasteiger partial charge in [-0.05, 0) is 24.3 Å². The van der Waals surface area contributed by atoms with E-state index >= 15 is 0 Å². The summed E-state index contributed by atoms with van der Waals surface area (Å²) in [5, 5.41) is 10.9. The second-order valence-electron chi connectivity index (χ2n) is 4.58. The van der Waals surface area contributed by atoms with E-state index in [9.17, 15) is 4.79 Å². The lowest BCUT2D eigenvalue weighted by atomic mass is 10.1. The number of carboxylic acid groups (broad SMARTS) is 1. The van der Waals surface area contributed by atoms with Crippen LogP contribution in [0.15, 0.2) is 40.9 Å². The number of hydrogen-bond acceptors (Lipinski definition) is 2. The van der Waals surface area contributed by atoms with Crippen LogP contribution in [0.25, 0.3) is 21.8 Å². The van der Waals surface area contributed by atoms with E-state index in [1.54, 1.807) is 6.07 Å². The van der Waals surface area contributed by atoms with Crippen LogP contribution < -0.4 is 4.74 Å². The first-order valence-electron chi connectivity index (χ1n) is 6.08. The van der Waals surface area contributed by atoms with Crippen molar-refractivity contribution in [3.05, 3.63) is 40.9 Å². The Balaban J connectivity index is 2.16. The molecule has 0 saturated heterocycles. The molecule has 0 aliphatic heterocycles. The summed E-state index contributed by atoms with van der Waals surface area (Å²) < 4.78 is 8.33. The van der Waals surface area contributed by atoms with Crippen LogP contribution in [0.2, 0.25) is 0 Å². The lowest BCUT2D eigenvalue weighted by Gasteiger charge is -2.04. The smallest absolute Gasteiger partial charge is 0.341 e. The number of rotatable bonds is 3. The van der Waals surface area contributed by atoms with E-state index in [1.807, 2.05) is 25.2 Å². The van der Waals surface area contributed by atoms with Gasteiger partial charge in [0.05, 0.1) is 5.52 Å². The van der Waals surface area contributed by atoms with Crippen molar-refractivity contribution in [3.63, 3.8) is 0 Å². The maximum atomic E-state index is 10.5. The van der Waals surface area contributed by atoms with Gasteiger partial charge in [0.25, 0.3) is 0 Å². The van der Waals surface area contributed by atoms with Crippen LogP contribution in [-0.2, 0) is 11.8 Å². The van der Waals surface area contributed by atoms with Crippen LogP contribution >= 0.6 is 15.9 Å². The van der Waals surface area contributed by atoms with Gasteiger partial charge in [-0.25, -0.2) is 4.79 Å². The van der Waals surface area contributed by atoms with Gasteiger partial charge in [0.15, 0.2) is 6.61 Å². The minimum absolute atomic E-state index is 0.332. The summed E-state index contributed by atoms with van der Waals surface area (Å²) in [5.41, 5.74) is 2.13. The van der Waals surface area contributed by atoms with Gasteiger partial charge in [0, 0.05) is 33.9 Å². The Bertz CT molecular complexity index is 823. The molecule has 5 heteroatoms. The largest absolute Gasteiger partial charge is 0.482 e. The molecule has 0 fully saturated rings. The van der Waals surface area contributed by atoms with Crippen molar-refractivity contribution >= 4 is 43.7 Å². The summed E-state index contributed by atoms with van der Waals surface area (Å²) in [4.78, 5) is 10.5. The number of hydrogen-bond donors (Lipinski definition) is 1. The number of carboxylic acids is 1. The molecular formula is C15H12BrNO3. The van der Waals surface area contributed by atoms with Crippen molar-refractivity contribution in [2.75, 3.05) is 6.61 Å². The Morgan fingerprint density at radius 1 is 1.20 bits per heavy atom. The van der Waals surface area contributed by atoms with Gasteiger partial charge in [-0.2, -0.15) is 0 Å². The van der Waals surface area contributed by atoms with Crippen molar-refractivity contribution < 1.29 is 14.6 Å². The minimum atomic E-state index is -0.980. The fourth-order valence-electron chi connectivity index (χ4n) is 2.39. The third kappa shape index (κ3) is 2.14. The van der Waals surface area contributed by atoms with Crippen LogP contribution in [-0.4, -0.2) is 22.2 Å². The molecule has 0 unspecified atom stereocenters. The van der Waals surface area contributed by atoms with Crippen LogP contribution in [0, 0.1) is 0 Å². The molecule has 0 aliphatic carbocycles. The summed E-state index contributed by atoms with van der Waals surface area (Å²) in [6, 6.07) is 11.8. The van der Waals surface area contributed by atoms with Gasteiger partial charge >= 0.3 is 5.97 Å². The van der Waals surface area contributed by atoms with Crippen LogP contribution in [0.5, 0.6) is 5.75 Å². The molecule has 0 radical (unpaired) electrons. The van der Waals surface area contributed by atoms with Gasteiger partial charge in [0.1, 0.15) is 5.75 Å². The van der Waals surface area contributed by atoms with Crippen molar-refractivity contribution in [1.82, 2.24) is 4.57 Å². The third-order valence-corrected chi connectivity index (χ3v) is 3.80. The molecule has 102 valence electrons. The second-order valence-corrected chi connectivity index (χ2v) is 5.50. The molecule has 3 aromatic rings. The Kier molecular flexibility index (Phi) is 3.14. The molecule has 1 aromatic heterocycles. The predicted octanol–water partition coefficient (Wildman–Crippen LogP) is 3.56. The summed E-state index contributed by atoms with van der Waals surface area (Å²) in [6.45, 7) is -0.332. The van der Waals surface area contributed by atoms with Crippen LogP contribution in [0.1, 0.15) is 0 Å². The van der Waals surface area contributed by atoms with E-state index in [1.165, 1.54) is 0 Å². The highest BCUT2D eigenvalue weighted by atomic mass is 79.9. The van der Waals surface area contributed by atoms with E-state index in [0.717, 1.165) is 26.3 Å². The highest BCUT2D eigenvalue weighted by molar-refractivity contribution is 9.10. The molecule has 4 nitrogen and oxygen atoms in total. The number of fused-ring (bicyclic) bond motifs is 3. The fraction of sp³-hybridized carbons (Fsp3) is 0.133. The number of nitrogens with zero attached hydrogens (tertiary/aromatic N) is 1. The van der Waals surface area contributed by atoms with Crippen molar-refractivity contribution in [3.8, 4) is 5.75 Å². The fourth-order valence-corrected chi connectivity index (χ4v) is 2.74. The summed E-state index contributed by atoms with van der Waals surface area (Å²) in [5.74, 6) is -0.420. The van der Waals surface area contributed by atoms with E-state index in [-0.39, 0.29) is 6.61 Å².